The summed E-state index contributed by atoms with van der Waals surface area (Å²) in [5, 5.41) is 11.4. The van der Waals surface area contributed by atoms with Gasteiger partial charge in [0, 0.05) is 5.92 Å². The summed E-state index contributed by atoms with van der Waals surface area (Å²) in [6.45, 7) is 1.97. The number of aliphatic carboxylic acids is 1. The molecule has 0 radical (unpaired) electrons. The third-order valence-electron chi connectivity index (χ3n) is 3.34. The Bertz CT molecular complexity index is 389. The van der Waals surface area contributed by atoms with E-state index in [2.05, 4.69) is 5.32 Å². The fourth-order valence-corrected chi connectivity index (χ4v) is 2.05. The standard InChI is InChI=1S/C13H27N5O4/c1-7(16)11(19)8(4-6-15)10(17)12(20)18-9(13(21)22)3-2-5-14/h7-10H,2-6,14-17H2,1H3,(H,18,20)(H,21,22)/t7-,8?,9-,10-/m0/s1. The molecule has 0 spiro atoms. The zero-order valence-corrected chi connectivity index (χ0v) is 12.8. The summed E-state index contributed by atoms with van der Waals surface area (Å²) >= 11 is 0. The van der Waals surface area contributed by atoms with Crippen LogP contribution in [-0.4, -0.2) is 54.0 Å². The molecular weight excluding hydrogens is 290 g/mol. The molecule has 0 aliphatic carbocycles. The molecule has 128 valence electrons. The number of Topliss-reactive ketones (excluding diaryl/α,β-unsaturated/α-hetero) is 1. The molecule has 10 N–H and O–H groups in total. The van der Waals surface area contributed by atoms with Crippen LogP contribution in [0.5, 0.6) is 0 Å². The highest BCUT2D eigenvalue weighted by molar-refractivity contribution is 5.94. The summed E-state index contributed by atoms with van der Waals surface area (Å²) in [7, 11) is 0. The zero-order chi connectivity index (χ0) is 17.3. The first-order chi connectivity index (χ1) is 10.3. The fourth-order valence-electron chi connectivity index (χ4n) is 2.05. The summed E-state index contributed by atoms with van der Waals surface area (Å²) < 4.78 is 0. The first-order valence-corrected chi connectivity index (χ1v) is 7.24. The number of carboxylic acids is 1. The molecule has 0 aromatic carbocycles. The topological polar surface area (TPSA) is 188 Å². The maximum atomic E-state index is 12.1. The van der Waals surface area contributed by atoms with Gasteiger partial charge in [-0.05, 0) is 39.3 Å². The summed E-state index contributed by atoms with van der Waals surface area (Å²) in [5.74, 6) is -3.10. The van der Waals surface area contributed by atoms with Crippen LogP contribution in [0.25, 0.3) is 0 Å². The van der Waals surface area contributed by atoms with Crippen LogP contribution < -0.4 is 28.3 Å². The molecule has 0 aromatic rings. The van der Waals surface area contributed by atoms with Gasteiger partial charge in [-0.3, -0.25) is 9.59 Å². The van der Waals surface area contributed by atoms with E-state index in [4.69, 9.17) is 28.0 Å². The Balaban J connectivity index is 4.90. The predicted octanol–water partition coefficient (Wildman–Crippen LogP) is -2.50. The zero-order valence-electron chi connectivity index (χ0n) is 12.8. The second-order valence-electron chi connectivity index (χ2n) is 5.23. The number of carbonyl (C=O) groups is 3. The van der Waals surface area contributed by atoms with E-state index in [0.717, 1.165) is 0 Å². The molecule has 0 rings (SSSR count). The van der Waals surface area contributed by atoms with Crippen molar-refractivity contribution in [2.24, 2.45) is 28.9 Å². The number of ketones is 1. The molecule has 0 bridgehead atoms. The van der Waals surface area contributed by atoms with Crippen molar-refractivity contribution in [3.8, 4) is 0 Å². The van der Waals surface area contributed by atoms with Crippen LogP contribution in [-0.2, 0) is 14.4 Å². The van der Waals surface area contributed by atoms with Crippen LogP contribution in [0.4, 0.5) is 0 Å². The molecular formula is C13H27N5O4. The van der Waals surface area contributed by atoms with Crippen LogP contribution in [0.1, 0.15) is 26.2 Å². The van der Waals surface area contributed by atoms with E-state index in [-0.39, 0.29) is 25.2 Å². The van der Waals surface area contributed by atoms with Crippen LogP contribution in [0, 0.1) is 5.92 Å². The molecule has 0 aromatic heterocycles. The van der Waals surface area contributed by atoms with E-state index in [1.807, 2.05) is 0 Å². The largest absolute Gasteiger partial charge is 0.480 e. The number of carboxylic acid groups (broad SMARTS) is 1. The molecule has 0 saturated heterocycles. The highest BCUT2D eigenvalue weighted by Gasteiger charge is 2.33. The van der Waals surface area contributed by atoms with Gasteiger partial charge in [0.1, 0.15) is 6.04 Å². The van der Waals surface area contributed by atoms with Crippen molar-refractivity contribution in [3.63, 3.8) is 0 Å². The monoisotopic (exact) mass is 317 g/mol. The molecule has 9 heteroatoms. The Hall–Kier alpha value is -1.55. The van der Waals surface area contributed by atoms with Crippen molar-refractivity contribution in [2.45, 2.75) is 44.3 Å². The Morgan fingerprint density at radius 2 is 1.68 bits per heavy atom. The van der Waals surface area contributed by atoms with E-state index >= 15 is 0 Å². The van der Waals surface area contributed by atoms with Gasteiger partial charge in [0.15, 0.2) is 5.78 Å². The van der Waals surface area contributed by atoms with Crippen molar-refractivity contribution in [1.82, 2.24) is 5.32 Å². The van der Waals surface area contributed by atoms with Crippen molar-refractivity contribution < 1.29 is 19.5 Å². The van der Waals surface area contributed by atoms with Crippen LogP contribution in [0.3, 0.4) is 0 Å². The molecule has 0 heterocycles. The summed E-state index contributed by atoms with van der Waals surface area (Å²) in [4.78, 5) is 35.2. The third-order valence-corrected chi connectivity index (χ3v) is 3.34. The van der Waals surface area contributed by atoms with Crippen LogP contribution in [0.2, 0.25) is 0 Å². The molecule has 0 saturated carbocycles. The van der Waals surface area contributed by atoms with E-state index < -0.39 is 35.9 Å². The first kappa shape index (κ1) is 20.5. The smallest absolute Gasteiger partial charge is 0.326 e. The van der Waals surface area contributed by atoms with Crippen molar-refractivity contribution in [2.75, 3.05) is 13.1 Å². The van der Waals surface area contributed by atoms with Gasteiger partial charge in [-0.1, -0.05) is 0 Å². The minimum absolute atomic E-state index is 0.166. The van der Waals surface area contributed by atoms with E-state index in [1.165, 1.54) is 6.92 Å². The molecule has 22 heavy (non-hydrogen) atoms. The van der Waals surface area contributed by atoms with Gasteiger partial charge in [0.25, 0.3) is 0 Å². The highest BCUT2D eigenvalue weighted by Crippen LogP contribution is 2.11. The molecule has 1 amide bonds. The minimum atomic E-state index is -1.19. The normalized spacial score (nSPS) is 16.4. The number of nitrogens with one attached hydrogen (secondary N) is 1. The second kappa shape index (κ2) is 10.2. The maximum absolute atomic E-state index is 12.1. The number of hydrogen-bond acceptors (Lipinski definition) is 7. The lowest BCUT2D eigenvalue weighted by atomic mass is 9.88. The number of nitrogens with two attached hydrogens (primary N) is 4. The minimum Gasteiger partial charge on any atom is -0.480 e. The fraction of sp³-hybridized carbons (Fsp3) is 0.769. The molecule has 0 fully saturated rings. The molecule has 0 aliphatic rings. The third kappa shape index (κ3) is 6.48. The van der Waals surface area contributed by atoms with Gasteiger partial charge in [-0.25, -0.2) is 4.79 Å². The number of hydrogen-bond donors (Lipinski definition) is 6. The lowest BCUT2D eigenvalue weighted by Gasteiger charge is -2.24. The quantitative estimate of drug-likeness (QED) is 0.241. The van der Waals surface area contributed by atoms with Gasteiger partial charge in [-0.15, -0.1) is 0 Å². The van der Waals surface area contributed by atoms with E-state index in [1.54, 1.807) is 0 Å². The SMILES string of the molecule is C[C@H](N)C(=O)C(CCN)[C@H](N)C(=O)N[C@@H](CCCN)C(=O)O. The predicted molar refractivity (Wildman–Crippen MR) is 81.6 cm³/mol. The van der Waals surface area contributed by atoms with E-state index in [0.29, 0.717) is 13.0 Å². The van der Waals surface area contributed by atoms with Gasteiger partial charge in [0.2, 0.25) is 5.91 Å². The molecule has 1 unspecified atom stereocenters. The Morgan fingerprint density at radius 3 is 2.09 bits per heavy atom. The Kier molecular flexibility index (Phi) is 9.50. The average Bonchev–Trinajstić information content (AvgIpc) is 2.46. The second-order valence-corrected chi connectivity index (χ2v) is 5.23. The average molecular weight is 317 g/mol. The molecule has 9 nitrogen and oxygen atoms in total. The summed E-state index contributed by atoms with van der Waals surface area (Å²) in [6, 6.07) is -3.06. The van der Waals surface area contributed by atoms with Crippen molar-refractivity contribution in [3.05, 3.63) is 0 Å². The Labute approximate surface area is 129 Å². The van der Waals surface area contributed by atoms with Crippen LogP contribution >= 0.6 is 0 Å². The van der Waals surface area contributed by atoms with E-state index in [9.17, 15) is 14.4 Å². The highest BCUT2D eigenvalue weighted by atomic mass is 16.4. The first-order valence-electron chi connectivity index (χ1n) is 7.24. The van der Waals surface area contributed by atoms with Gasteiger partial charge >= 0.3 is 5.97 Å². The lowest BCUT2D eigenvalue weighted by Crippen LogP contribution is -2.54. The number of carbonyl (C=O) groups excluding carboxylic acids is 2. The molecule has 4 atom stereocenters. The van der Waals surface area contributed by atoms with Gasteiger partial charge in [0.05, 0.1) is 12.1 Å². The van der Waals surface area contributed by atoms with Gasteiger partial charge < -0.3 is 33.4 Å². The molecule has 0 aliphatic heterocycles. The summed E-state index contributed by atoms with van der Waals surface area (Å²) in [5.41, 5.74) is 22.1. The number of amides is 1. The Morgan fingerprint density at radius 1 is 1.09 bits per heavy atom. The van der Waals surface area contributed by atoms with Gasteiger partial charge in [-0.2, -0.15) is 0 Å². The maximum Gasteiger partial charge on any atom is 0.326 e. The van der Waals surface area contributed by atoms with Crippen molar-refractivity contribution in [1.29, 1.82) is 0 Å². The summed E-state index contributed by atoms with van der Waals surface area (Å²) in [6.07, 6.45) is 0.833. The lowest BCUT2D eigenvalue weighted by molar-refractivity contribution is -0.142. The number of rotatable bonds is 11. The van der Waals surface area contributed by atoms with Crippen LogP contribution in [0.15, 0.2) is 0 Å². The van der Waals surface area contributed by atoms with Crippen molar-refractivity contribution >= 4 is 17.7 Å².